The molecule has 0 bridgehead atoms. The van der Waals surface area contributed by atoms with Gasteiger partial charge in [0.05, 0.1) is 10.2 Å². The van der Waals surface area contributed by atoms with Crippen molar-refractivity contribution in [2.75, 3.05) is 0 Å². The molecule has 1 aromatic heterocycles. The smallest absolute Gasteiger partial charge is 0.273 e. The molecule has 0 saturated carbocycles. The minimum absolute atomic E-state index is 0.329. The molecule has 5 heteroatoms. The van der Waals surface area contributed by atoms with Crippen molar-refractivity contribution in [2.45, 2.75) is 6.92 Å². The summed E-state index contributed by atoms with van der Waals surface area (Å²) in [5, 5.41) is 0. The maximum absolute atomic E-state index is 11.6. The number of hydrogen-bond acceptors (Lipinski definition) is 2. The third-order valence-electron chi connectivity index (χ3n) is 2.27. The average Bonchev–Trinajstić information content (AvgIpc) is 2.25. The van der Waals surface area contributed by atoms with Crippen LogP contribution >= 0.6 is 15.9 Å². The molecule has 0 aliphatic heterocycles. The largest absolute Gasteiger partial charge is 0.332 e. The number of benzene rings is 1. The molecule has 0 aliphatic carbocycles. The molecule has 0 amide bonds. The van der Waals surface area contributed by atoms with Crippen LogP contribution in [0.3, 0.4) is 0 Å². The summed E-state index contributed by atoms with van der Waals surface area (Å²) in [7, 11) is 0. The van der Waals surface area contributed by atoms with Gasteiger partial charge in [0.1, 0.15) is 0 Å². The lowest BCUT2D eigenvalue weighted by Gasteiger charge is -2.07. The number of H-pyrrole nitrogens is 1. The number of nitrogens with zero attached hydrogens (tertiary/aromatic N) is 1. The van der Waals surface area contributed by atoms with Crippen LogP contribution in [0.15, 0.2) is 44.5 Å². The van der Waals surface area contributed by atoms with Gasteiger partial charge in [-0.15, -0.1) is 0 Å². The first-order chi connectivity index (χ1) is 7.59. The summed E-state index contributed by atoms with van der Waals surface area (Å²) in [4.78, 5) is 25.1. The first kappa shape index (κ1) is 10.9. The molecule has 1 heterocycles. The zero-order valence-corrected chi connectivity index (χ0v) is 10.1. The normalized spacial score (nSPS) is 10.4. The minimum Gasteiger partial charge on any atom is -0.273 e. The SMILES string of the molecule is Cc1ccccc1-n1cc(Br)c(=O)[nH]c1=O. The molecule has 82 valence electrons. The molecule has 0 radical (unpaired) electrons. The molecule has 2 aromatic rings. The Bertz CT molecular complexity index is 643. The molecule has 1 N–H and O–H groups in total. The first-order valence-corrected chi connectivity index (χ1v) is 5.46. The summed E-state index contributed by atoms with van der Waals surface area (Å²) in [6.45, 7) is 1.90. The van der Waals surface area contributed by atoms with E-state index in [0.29, 0.717) is 4.47 Å². The molecular formula is C11H9BrN2O2. The Morgan fingerprint density at radius 2 is 1.94 bits per heavy atom. The third kappa shape index (κ3) is 1.86. The van der Waals surface area contributed by atoms with Crippen molar-refractivity contribution in [3.05, 3.63) is 61.3 Å². The third-order valence-corrected chi connectivity index (χ3v) is 2.84. The van der Waals surface area contributed by atoms with Crippen molar-refractivity contribution in [2.24, 2.45) is 0 Å². The van der Waals surface area contributed by atoms with Crippen LogP contribution in [0.5, 0.6) is 0 Å². The van der Waals surface area contributed by atoms with Crippen LogP contribution < -0.4 is 11.2 Å². The summed E-state index contributed by atoms with van der Waals surface area (Å²) >= 11 is 3.10. The van der Waals surface area contributed by atoms with Crippen molar-refractivity contribution < 1.29 is 0 Å². The molecule has 2 rings (SSSR count). The lowest BCUT2D eigenvalue weighted by Crippen LogP contribution is -2.29. The van der Waals surface area contributed by atoms with E-state index in [1.807, 2.05) is 31.2 Å². The van der Waals surface area contributed by atoms with Crippen molar-refractivity contribution in [1.82, 2.24) is 9.55 Å². The van der Waals surface area contributed by atoms with Gasteiger partial charge in [-0.05, 0) is 34.5 Å². The molecule has 0 atom stereocenters. The Morgan fingerprint density at radius 3 is 2.62 bits per heavy atom. The lowest BCUT2D eigenvalue weighted by molar-refractivity contribution is 0.881. The highest BCUT2D eigenvalue weighted by Crippen LogP contribution is 2.11. The van der Waals surface area contributed by atoms with Gasteiger partial charge < -0.3 is 0 Å². The number of para-hydroxylation sites is 1. The number of aromatic amines is 1. The molecule has 0 fully saturated rings. The van der Waals surface area contributed by atoms with Crippen molar-refractivity contribution in [1.29, 1.82) is 0 Å². The van der Waals surface area contributed by atoms with Crippen LogP contribution in [-0.2, 0) is 0 Å². The van der Waals surface area contributed by atoms with E-state index >= 15 is 0 Å². The van der Waals surface area contributed by atoms with Gasteiger partial charge in [0.2, 0.25) is 0 Å². The zero-order chi connectivity index (χ0) is 11.7. The van der Waals surface area contributed by atoms with Gasteiger partial charge in [0.15, 0.2) is 0 Å². The molecule has 0 unspecified atom stereocenters. The van der Waals surface area contributed by atoms with Crippen molar-refractivity contribution in [3.63, 3.8) is 0 Å². The summed E-state index contributed by atoms with van der Waals surface area (Å²) < 4.78 is 1.73. The molecule has 4 nitrogen and oxygen atoms in total. The fourth-order valence-electron chi connectivity index (χ4n) is 1.46. The second-order valence-electron chi connectivity index (χ2n) is 3.39. The highest BCUT2D eigenvalue weighted by Gasteiger charge is 2.05. The van der Waals surface area contributed by atoms with Crippen molar-refractivity contribution >= 4 is 15.9 Å². The molecular weight excluding hydrogens is 272 g/mol. The zero-order valence-electron chi connectivity index (χ0n) is 8.53. The summed E-state index contributed by atoms with van der Waals surface area (Å²) in [6.07, 6.45) is 1.48. The summed E-state index contributed by atoms with van der Waals surface area (Å²) in [6, 6.07) is 7.46. The molecule has 0 aliphatic rings. The Balaban J connectivity index is 2.75. The van der Waals surface area contributed by atoms with E-state index in [2.05, 4.69) is 20.9 Å². The van der Waals surface area contributed by atoms with E-state index in [0.717, 1.165) is 11.3 Å². The number of hydrogen-bond donors (Lipinski definition) is 1. The van der Waals surface area contributed by atoms with Crippen LogP contribution in [0.2, 0.25) is 0 Å². The van der Waals surface area contributed by atoms with Crippen LogP contribution in [0, 0.1) is 6.92 Å². The Kier molecular flexibility index (Phi) is 2.78. The highest BCUT2D eigenvalue weighted by molar-refractivity contribution is 9.10. The number of aromatic nitrogens is 2. The average molecular weight is 281 g/mol. The summed E-state index contributed by atoms with van der Waals surface area (Å²) in [5.74, 6) is 0. The van der Waals surface area contributed by atoms with Gasteiger partial charge in [-0.2, -0.15) is 0 Å². The van der Waals surface area contributed by atoms with E-state index in [1.165, 1.54) is 10.8 Å². The fraction of sp³-hybridized carbons (Fsp3) is 0.0909. The van der Waals surface area contributed by atoms with Gasteiger partial charge in [-0.1, -0.05) is 18.2 Å². The topological polar surface area (TPSA) is 54.9 Å². The summed E-state index contributed by atoms with van der Waals surface area (Å²) in [5.41, 5.74) is 0.852. The second kappa shape index (κ2) is 4.09. The van der Waals surface area contributed by atoms with Gasteiger partial charge >= 0.3 is 5.69 Å². The lowest BCUT2D eigenvalue weighted by atomic mass is 10.2. The predicted octanol–water partition coefficient (Wildman–Crippen LogP) is 1.60. The van der Waals surface area contributed by atoms with E-state index in [-0.39, 0.29) is 0 Å². The quantitative estimate of drug-likeness (QED) is 0.863. The Morgan fingerprint density at radius 1 is 1.25 bits per heavy atom. The molecule has 0 saturated heterocycles. The van der Waals surface area contributed by atoms with Crippen molar-refractivity contribution in [3.8, 4) is 5.69 Å². The number of halogens is 1. The molecule has 0 spiro atoms. The van der Waals surface area contributed by atoms with E-state index in [9.17, 15) is 9.59 Å². The van der Waals surface area contributed by atoms with Gasteiger partial charge in [-0.3, -0.25) is 14.3 Å². The van der Waals surface area contributed by atoms with E-state index in [4.69, 9.17) is 0 Å². The van der Waals surface area contributed by atoms with Gasteiger partial charge in [0.25, 0.3) is 5.56 Å². The minimum atomic E-state index is -0.442. The Hall–Kier alpha value is -1.62. The molecule has 16 heavy (non-hydrogen) atoms. The van der Waals surface area contributed by atoms with Gasteiger partial charge in [0, 0.05) is 6.20 Å². The highest BCUT2D eigenvalue weighted by atomic mass is 79.9. The van der Waals surface area contributed by atoms with Crippen LogP contribution in [0.1, 0.15) is 5.56 Å². The Labute approximate surface area is 99.7 Å². The van der Waals surface area contributed by atoms with Gasteiger partial charge in [-0.25, -0.2) is 4.79 Å². The van der Waals surface area contributed by atoms with E-state index in [1.54, 1.807) is 0 Å². The maximum atomic E-state index is 11.6. The number of nitrogens with one attached hydrogen (secondary N) is 1. The molecule has 1 aromatic carbocycles. The van der Waals surface area contributed by atoms with Crippen LogP contribution in [-0.4, -0.2) is 9.55 Å². The van der Waals surface area contributed by atoms with E-state index < -0.39 is 11.2 Å². The standard InChI is InChI=1S/C11H9BrN2O2/c1-7-4-2-3-5-9(7)14-6-8(12)10(15)13-11(14)16/h2-6H,1H3,(H,13,15,16). The first-order valence-electron chi connectivity index (χ1n) is 4.67. The fourth-order valence-corrected chi connectivity index (χ4v) is 1.76. The predicted molar refractivity (Wildman–Crippen MR) is 65.1 cm³/mol. The van der Waals surface area contributed by atoms with Crippen LogP contribution in [0.25, 0.3) is 5.69 Å². The van der Waals surface area contributed by atoms with Crippen LogP contribution in [0.4, 0.5) is 0 Å². The maximum Gasteiger partial charge on any atom is 0.332 e. The second-order valence-corrected chi connectivity index (χ2v) is 4.25. The number of rotatable bonds is 1. The monoisotopic (exact) mass is 280 g/mol. The number of aryl methyl sites for hydroxylation is 1.